The number of hydrogen-bond acceptors (Lipinski definition) is 2. The Hall–Kier alpha value is -1.06. The summed E-state index contributed by atoms with van der Waals surface area (Å²) in [5.41, 5.74) is 2.61. The number of nitrogens with zero attached hydrogens (tertiary/aromatic N) is 2. The highest BCUT2D eigenvalue weighted by molar-refractivity contribution is 6.30. The van der Waals surface area contributed by atoms with Crippen LogP contribution in [0.1, 0.15) is 30.4 Å². The van der Waals surface area contributed by atoms with E-state index >= 15 is 0 Å². The number of benzene rings is 2. The van der Waals surface area contributed by atoms with Crippen LogP contribution in [0.5, 0.6) is 0 Å². The molecule has 2 aromatic rings. The molecule has 1 fully saturated rings. The van der Waals surface area contributed by atoms with Crippen LogP contribution in [0.2, 0.25) is 10.0 Å². The molecule has 0 radical (unpaired) electrons. The van der Waals surface area contributed by atoms with Crippen molar-refractivity contribution in [2.24, 2.45) is 0 Å². The molecule has 0 saturated carbocycles. The van der Waals surface area contributed by atoms with E-state index in [0.29, 0.717) is 0 Å². The molecule has 1 saturated heterocycles. The average molecular weight is 377 g/mol. The van der Waals surface area contributed by atoms with Gasteiger partial charge in [-0.3, -0.25) is 4.90 Å². The van der Waals surface area contributed by atoms with Crippen LogP contribution in [0.4, 0.5) is 0 Å². The Morgan fingerprint density at radius 3 is 1.88 bits per heavy atom. The van der Waals surface area contributed by atoms with Crippen LogP contribution in [0.3, 0.4) is 0 Å². The van der Waals surface area contributed by atoms with Gasteiger partial charge in [0.1, 0.15) is 0 Å². The third-order valence-electron chi connectivity index (χ3n) is 5.09. The highest BCUT2D eigenvalue weighted by Gasteiger charge is 2.21. The molecule has 1 unspecified atom stereocenters. The van der Waals surface area contributed by atoms with Gasteiger partial charge in [-0.05, 0) is 68.2 Å². The number of likely N-dealkylation sites (tertiary alicyclic amines) is 1. The van der Waals surface area contributed by atoms with E-state index < -0.39 is 0 Å². The Kier molecular flexibility index (Phi) is 6.77. The molecule has 1 aliphatic heterocycles. The lowest BCUT2D eigenvalue weighted by Crippen LogP contribution is -2.31. The summed E-state index contributed by atoms with van der Waals surface area (Å²) in [6.07, 6.45) is 3.87. The Labute approximate surface area is 161 Å². The molecule has 1 heterocycles. The van der Waals surface area contributed by atoms with Gasteiger partial charge in [-0.25, -0.2) is 0 Å². The monoisotopic (exact) mass is 376 g/mol. The molecule has 2 nitrogen and oxygen atoms in total. The van der Waals surface area contributed by atoms with Crippen LogP contribution in [-0.4, -0.2) is 36.0 Å². The van der Waals surface area contributed by atoms with Gasteiger partial charge in [-0.2, -0.15) is 0 Å². The number of hydrogen-bond donors (Lipinski definition) is 0. The van der Waals surface area contributed by atoms with E-state index in [1.165, 1.54) is 36.9 Å². The lowest BCUT2D eigenvalue weighted by molar-refractivity contribution is 0.211. The predicted molar refractivity (Wildman–Crippen MR) is 107 cm³/mol. The minimum absolute atomic E-state index is 0.720. The van der Waals surface area contributed by atoms with Crippen molar-refractivity contribution in [2.45, 2.75) is 38.4 Å². The Morgan fingerprint density at radius 2 is 1.44 bits per heavy atom. The van der Waals surface area contributed by atoms with Crippen LogP contribution in [0, 0.1) is 0 Å². The summed E-state index contributed by atoms with van der Waals surface area (Å²) >= 11 is 12.0. The van der Waals surface area contributed by atoms with E-state index in [4.69, 9.17) is 23.2 Å². The van der Waals surface area contributed by atoms with Crippen LogP contribution in [-0.2, 0) is 13.1 Å². The number of rotatable bonds is 7. The zero-order valence-electron chi connectivity index (χ0n) is 14.8. The van der Waals surface area contributed by atoms with E-state index in [9.17, 15) is 0 Å². The molecule has 2 aromatic carbocycles. The fraction of sp³-hybridized carbons (Fsp3) is 0.429. The molecule has 25 heavy (non-hydrogen) atoms. The lowest BCUT2D eigenvalue weighted by Gasteiger charge is -2.26. The van der Waals surface area contributed by atoms with Crippen molar-refractivity contribution in [3.63, 3.8) is 0 Å². The van der Waals surface area contributed by atoms with Gasteiger partial charge in [0.25, 0.3) is 0 Å². The summed E-state index contributed by atoms with van der Waals surface area (Å²) < 4.78 is 0. The van der Waals surface area contributed by atoms with E-state index in [2.05, 4.69) is 41.1 Å². The standard InChI is InChI=1S/C21H26Cl2N2/c1-24-13-2-3-21(24)12-14-25(15-17-4-8-19(22)9-5-17)16-18-6-10-20(23)11-7-18/h4-11,21H,2-3,12-16H2,1H3. The second-order valence-electron chi connectivity index (χ2n) is 7.03. The molecule has 1 aliphatic rings. The van der Waals surface area contributed by atoms with Crippen molar-refractivity contribution in [3.8, 4) is 0 Å². The zero-order chi connectivity index (χ0) is 17.6. The van der Waals surface area contributed by atoms with Crippen LogP contribution < -0.4 is 0 Å². The van der Waals surface area contributed by atoms with Crippen molar-refractivity contribution in [1.29, 1.82) is 0 Å². The fourth-order valence-electron chi connectivity index (χ4n) is 3.59. The van der Waals surface area contributed by atoms with Crippen molar-refractivity contribution >= 4 is 23.2 Å². The fourth-order valence-corrected chi connectivity index (χ4v) is 3.84. The quantitative estimate of drug-likeness (QED) is 0.630. The van der Waals surface area contributed by atoms with Gasteiger partial charge >= 0.3 is 0 Å². The van der Waals surface area contributed by atoms with Crippen molar-refractivity contribution in [2.75, 3.05) is 20.1 Å². The number of halogens is 2. The first kappa shape index (κ1) is 18.7. The molecular formula is C21H26Cl2N2. The highest BCUT2D eigenvalue weighted by atomic mass is 35.5. The zero-order valence-corrected chi connectivity index (χ0v) is 16.3. The third-order valence-corrected chi connectivity index (χ3v) is 5.59. The van der Waals surface area contributed by atoms with Crippen LogP contribution >= 0.6 is 23.2 Å². The summed E-state index contributed by atoms with van der Waals surface area (Å²) in [4.78, 5) is 5.03. The predicted octanol–water partition coefficient (Wildman–Crippen LogP) is 5.48. The van der Waals surface area contributed by atoms with Gasteiger partial charge in [0.15, 0.2) is 0 Å². The van der Waals surface area contributed by atoms with Gasteiger partial charge in [0.2, 0.25) is 0 Å². The Balaban J connectivity index is 1.65. The van der Waals surface area contributed by atoms with Gasteiger partial charge in [0, 0.05) is 35.7 Å². The third kappa shape index (κ3) is 5.72. The second kappa shape index (κ2) is 9.05. The average Bonchev–Trinajstić information content (AvgIpc) is 3.02. The maximum atomic E-state index is 6.02. The largest absolute Gasteiger partial charge is 0.303 e. The molecule has 0 spiro atoms. The normalized spacial score (nSPS) is 18.2. The molecule has 3 rings (SSSR count). The molecule has 1 atom stereocenters. The Morgan fingerprint density at radius 1 is 0.920 bits per heavy atom. The highest BCUT2D eigenvalue weighted by Crippen LogP contribution is 2.20. The summed E-state index contributed by atoms with van der Waals surface area (Å²) in [7, 11) is 2.25. The Bertz CT molecular complexity index is 607. The molecule has 0 bridgehead atoms. The molecule has 134 valence electrons. The van der Waals surface area contributed by atoms with Crippen molar-refractivity contribution in [1.82, 2.24) is 9.80 Å². The van der Waals surface area contributed by atoms with Gasteiger partial charge in [0.05, 0.1) is 0 Å². The van der Waals surface area contributed by atoms with E-state index in [-0.39, 0.29) is 0 Å². The topological polar surface area (TPSA) is 6.48 Å². The minimum atomic E-state index is 0.720. The van der Waals surface area contributed by atoms with Crippen LogP contribution in [0.25, 0.3) is 0 Å². The summed E-state index contributed by atoms with van der Waals surface area (Å²) in [6.45, 7) is 4.21. The van der Waals surface area contributed by atoms with E-state index in [1.807, 2.05) is 24.3 Å². The first-order valence-corrected chi connectivity index (χ1v) is 9.77. The molecule has 0 N–H and O–H groups in total. The first-order chi connectivity index (χ1) is 12.1. The van der Waals surface area contributed by atoms with Gasteiger partial charge in [-0.1, -0.05) is 47.5 Å². The molecule has 0 amide bonds. The summed E-state index contributed by atoms with van der Waals surface area (Å²) in [5.74, 6) is 0. The van der Waals surface area contributed by atoms with Gasteiger partial charge in [-0.15, -0.1) is 0 Å². The van der Waals surface area contributed by atoms with Crippen LogP contribution in [0.15, 0.2) is 48.5 Å². The molecule has 0 aliphatic carbocycles. The maximum absolute atomic E-state index is 6.02. The van der Waals surface area contributed by atoms with E-state index in [1.54, 1.807) is 0 Å². The maximum Gasteiger partial charge on any atom is 0.0406 e. The summed E-state index contributed by atoms with van der Waals surface area (Å²) in [5, 5.41) is 1.58. The van der Waals surface area contributed by atoms with Crippen molar-refractivity contribution < 1.29 is 0 Å². The SMILES string of the molecule is CN1CCCC1CCN(Cc1ccc(Cl)cc1)Cc1ccc(Cl)cc1. The minimum Gasteiger partial charge on any atom is -0.303 e. The lowest BCUT2D eigenvalue weighted by atomic mass is 10.1. The van der Waals surface area contributed by atoms with Gasteiger partial charge < -0.3 is 4.90 Å². The van der Waals surface area contributed by atoms with E-state index in [0.717, 1.165) is 35.7 Å². The first-order valence-electron chi connectivity index (χ1n) is 9.01. The smallest absolute Gasteiger partial charge is 0.0406 e. The summed E-state index contributed by atoms with van der Waals surface area (Å²) in [6, 6.07) is 17.1. The molecule has 4 heteroatoms. The second-order valence-corrected chi connectivity index (χ2v) is 7.90. The molecular weight excluding hydrogens is 351 g/mol. The van der Waals surface area contributed by atoms with Crippen molar-refractivity contribution in [3.05, 3.63) is 69.7 Å². The molecule has 0 aromatic heterocycles.